The maximum atomic E-state index is 12.4. The molecule has 0 fully saturated rings. The van der Waals surface area contributed by atoms with E-state index in [0.717, 1.165) is 5.69 Å². The van der Waals surface area contributed by atoms with Gasteiger partial charge in [-0.1, -0.05) is 30.0 Å². The van der Waals surface area contributed by atoms with Crippen molar-refractivity contribution in [3.8, 4) is 17.2 Å². The molecule has 0 unspecified atom stereocenters. The number of thioether (sulfide) groups is 1. The molecule has 28 heavy (non-hydrogen) atoms. The Balaban J connectivity index is 1.42. The minimum atomic E-state index is -0.276. The third-order valence-corrected chi connectivity index (χ3v) is 4.84. The Kier molecular flexibility index (Phi) is 4.98. The lowest BCUT2D eigenvalue weighted by Crippen LogP contribution is -2.16. The van der Waals surface area contributed by atoms with Gasteiger partial charge in [-0.2, -0.15) is 0 Å². The number of para-hydroxylation sites is 1. The number of anilines is 1. The Labute approximate surface area is 164 Å². The Hall–Kier alpha value is -3.33. The third-order valence-electron chi connectivity index (χ3n) is 3.99. The summed E-state index contributed by atoms with van der Waals surface area (Å²) in [5.41, 5.74) is 1.65. The molecule has 8 nitrogen and oxygen atoms in total. The second kappa shape index (κ2) is 7.73. The van der Waals surface area contributed by atoms with Crippen LogP contribution in [0.5, 0.6) is 11.5 Å². The zero-order valence-electron chi connectivity index (χ0n) is 14.9. The summed E-state index contributed by atoms with van der Waals surface area (Å²) in [6, 6.07) is 12.8. The summed E-state index contributed by atoms with van der Waals surface area (Å²) in [6.07, 6.45) is 1.60. The van der Waals surface area contributed by atoms with E-state index in [2.05, 4.69) is 15.4 Å². The SMILES string of the molecule is CC(=O)c1cc2c(cc1NC(=O)CSc1ncn(-c3ccccc3)n1)OCO2. The van der Waals surface area contributed by atoms with Crippen LogP contribution in [0, 0.1) is 0 Å². The maximum absolute atomic E-state index is 12.4. The summed E-state index contributed by atoms with van der Waals surface area (Å²) in [7, 11) is 0. The van der Waals surface area contributed by atoms with E-state index in [0.29, 0.717) is 27.9 Å². The Morgan fingerprint density at radius 2 is 1.93 bits per heavy atom. The second-order valence-electron chi connectivity index (χ2n) is 5.95. The van der Waals surface area contributed by atoms with E-state index in [1.54, 1.807) is 23.1 Å². The van der Waals surface area contributed by atoms with Crippen molar-refractivity contribution >= 4 is 29.1 Å². The molecule has 142 valence electrons. The van der Waals surface area contributed by atoms with Crippen LogP contribution in [0.1, 0.15) is 17.3 Å². The van der Waals surface area contributed by atoms with Crippen molar-refractivity contribution in [3.05, 3.63) is 54.4 Å². The normalized spacial score (nSPS) is 12.0. The molecule has 2 heterocycles. The third kappa shape index (κ3) is 3.84. The van der Waals surface area contributed by atoms with Crippen LogP contribution in [0.3, 0.4) is 0 Å². The van der Waals surface area contributed by atoms with Crippen molar-refractivity contribution in [1.29, 1.82) is 0 Å². The van der Waals surface area contributed by atoms with Crippen LogP contribution in [0.25, 0.3) is 5.69 Å². The van der Waals surface area contributed by atoms with Crippen molar-refractivity contribution in [3.63, 3.8) is 0 Å². The number of amides is 1. The van der Waals surface area contributed by atoms with Gasteiger partial charge in [0.25, 0.3) is 0 Å². The van der Waals surface area contributed by atoms with Crippen LogP contribution in [-0.4, -0.2) is 39.0 Å². The van der Waals surface area contributed by atoms with Gasteiger partial charge in [0.15, 0.2) is 17.3 Å². The Morgan fingerprint density at radius 1 is 1.18 bits per heavy atom. The average Bonchev–Trinajstić information content (AvgIpc) is 3.35. The minimum Gasteiger partial charge on any atom is -0.454 e. The summed E-state index contributed by atoms with van der Waals surface area (Å²) < 4.78 is 12.2. The number of aromatic nitrogens is 3. The summed E-state index contributed by atoms with van der Waals surface area (Å²) in [5, 5.41) is 7.59. The van der Waals surface area contributed by atoms with Gasteiger partial charge < -0.3 is 14.8 Å². The highest BCUT2D eigenvalue weighted by Gasteiger charge is 2.20. The van der Waals surface area contributed by atoms with Crippen LogP contribution in [0.4, 0.5) is 5.69 Å². The highest BCUT2D eigenvalue weighted by Crippen LogP contribution is 2.37. The van der Waals surface area contributed by atoms with Crippen molar-refractivity contribution < 1.29 is 19.1 Å². The van der Waals surface area contributed by atoms with Gasteiger partial charge in [0.05, 0.1) is 17.1 Å². The smallest absolute Gasteiger partial charge is 0.234 e. The number of nitrogens with one attached hydrogen (secondary N) is 1. The monoisotopic (exact) mass is 396 g/mol. The van der Waals surface area contributed by atoms with E-state index in [-0.39, 0.29) is 24.2 Å². The standard InChI is InChI=1S/C19H16N4O4S/c1-12(24)14-7-16-17(27-11-26-16)8-15(14)21-18(25)9-28-19-20-10-23(22-19)13-5-3-2-4-6-13/h2-8,10H,9,11H2,1H3,(H,21,25). The first-order chi connectivity index (χ1) is 13.6. The fourth-order valence-electron chi connectivity index (χ4n) is 2.67. The molecule has 0 saturated carbocycles. The van der Waals surface area contributed by atoms with Crippen molar-refractivity contribution in [2.75, 3.05) is 17.9 Å². The van der Waals surface area contributed by atoms with Gasteiger partial charge in [-0.05, 0) is 25.1 Å². The second-order valence-corrected chi connectivity index (χ2v) is 6.89. The molecule has 0 saturated heterocycles. The Bertz CT molecular complexity index is 1040. The molecule has 1 aromatic heterocycles. The number of hydrogen-bond donors (Lipinski definition) is 1. The average molecular weight is 396 g/mol. The quantitative estimate of drug-likeness (QED) is 0.505. The van der Waals surface area contributed by atoms with E-state index in [4.69, 9.17) is 9.47 Å². The molecule has 0 aliphatic carbocycles. The van der Waals surface area contributed by atoms with E-state index in [1.807, 2.05) is 30.3 Å². The van der Waals surface area contributed by atoms with E-state index < -0.39 is 0 Å². The molecule has 1 N–H and O–H groups in total. The van der Waals surface area contributed by atoms with Crippen LogP contribution in [0.2, 0.25) is 0 Å². The number of fused-ring (bicyclic) bond motifs is 1. The summed E-state index contributed by atoms with van der Waals surface area (Å²) in [4.78, 5) is 28.5. The summed E-state index contributed by atoms with van der Waals surface area (Å²) >= 11 is 1.21. The zero-order chi connectivity index (χ0) is 19.5. The molecule has 0 bridgehead atoms. The number of ether oxygens (including phenoxy) is 2. The van der Waals surface area contributed by atoms with Gasteiger partial charge in [0.1, 0.15) is 6.33 Å². The number of rotatable bonds is 6. The van der Waals surface area contributed by atoms with Gasteiger partial charge in [-0.3, -0.25) is 9.59 Å². The van der Waals surface area contributed by atoms with Crippen molar-refractivity contribution in [2.45, 2.75) is 12.1 Å². The van der Waals surface area contributed by atoms with Crippen molar-refractivity contribution in [2.24, 2.45) is 0 Å². The van der Waals surface area contributed by atoms with Crippen LogP contribution in [0.15, 0.2) is 53.9 Å². The first-order valence-corrected chi connectivity index (χ1v) is 9.43. The number of Topliss-reactive ketones (excluding diaryl/α,β-unsaturated/α-hetero) is 1. The predicted molar refractivity (Wildman–Crippen MR) is 103 cm³/mol. The molecule has 0 atom stereocenters. The zero-order valence-corrected chi connectivity index (χ0v) is 15.7. The Morgan fingerprint density at radius 3 is 2.68 bits per heavy atom. The number of benzene rings is 2. The van der Waals surface area contributed by atoms with Crippen LogP contribution >= 0.6 is 11.8 Å². The molecule has 1 amide bonds. The van der Waals surface area contributed by atoms with Gasteiger partial charge >= 0.3 is 0 Å². The van der Waals surface area contributed by atoms with Gasteiger partial charge in [0, 0.05) is 11.6 Å². The molecular formula is C19H16N4O4S. The molecule has 3 aromatic rings. The van der Waals surface area contributed by atoms with E-state index in [9.17, 15) is 9.59 Å². The molecule has 2 aromatic carbocycles. The fourth-order valence-corrected chi connectivity index (χ4v) is 3.27. The van der Waals surface area contributed by atoms with Crippen LogP contribution in [-0.2, 0) is 4.79 Å². The van der Waals surface area contributed by atoms with E-state index in [1.165, 1.54) is 18.7 Å². The number of carbonyl (C=O) groups is 2. The molecule has 0 spiro atoms. The summed E-state index contributed by atoms with van der Waals surface area (Å²) in [5.74, 6) is 0.640. The van der Waals surface area contributed by atoms with Crippen LogP contribution < -0.4 is 14.8 Å². The first kappa shape index (κ1) is 18.1. The fraction of sp³-hybridized carbons (Fsp3) is 0.158. The molecule has 0 radical (unpaired) electrons. The molecule has 1 aliphatic heterocycles. The molecular weight excluding hydrogens is 380 g/mol. The number of carbonyl (C=O) groups excluding carboxylic acids is 2. The highest BCUT2D eigenvalue weighted by molar-refractivity contribution is 7.99. The molecule has 1 aliphatic rings. The van der Waals surface area contributed by atoms with Gasteiger partial charge in [-0.25, -0.2) is 9.67 Å². The summed E-state index contributed by atoms with van der Waals surface area (Å²) in [6.45, 7) is 1.53. The largest absolute Gasteiger partial charge is 0.454 e. The lowest BCUT2D eigenvalue weighted by Gasteiger charge is -2.10. The topological polar surface area (TPSA) is 95.3 Å². The highest BCUT2D eigenvalue weighted by atomic mass is 32.2. The lowest BCUT2D eigenvalue weighted by molar-refractivity contribution is -0.113. The van der Waals surface area contributed by atoms with E-state index >= 15 is 0 Å². The lowest BCUT2D eigenvalue weighted by atomic mass is 10.1. The first-order valence-electron chi connectivity index (χ1n) is 8.44. The van der Waals surface area contributed by atoms with Gasteiger partial charge in [-0.15, -0.1) is 5.10 Å². The predicted octanol–water partition coefficient (Wildman–Crippen LogP) is 2.93. The molecule has 9 heteroatoms. The van der Waals surface area contributed by atoms with Gasteiger partial charge in [0.2, 0.25) is 17.9 Å². The number of nitrogens with zero attached hydrogens (tertiary/aromatic N) is 3. The van der Waals surface area contributed by atoms with Crippen molar-refractivity contribution in [1.82, 2.24) is 14.8 Å². The maximum Gasteiger partial charge on any atom is 0.234 e. The molecule has 4 rings (SSSR count). The number of hydrogen-bond acceptors (Lipinski definition) is 7. The minimum absolute atomic E-state index is 0.0929. The number of ketones is 1.